The van der Waals surface area contributed by atoms with Gasteiger partial charge in [-0.15, -0.1) is 0 Å². The van der Waals surface area contributed by atoms with Gasteiger partial charge in [-0.1, -0.05) is 58.3 Å². The first-order valence-corrected chi connectivity index (χ1v) is 10.1. The summed E-state index contributed by atoms with van der Waals surface area (Å²) < 4.78 is 12.2. The first kappa shape index (κ1) is 18.0. The van der Waals surface area contributed by atoms with Gasteiger partial charge in [-0.05, 0) is 29.8 Å². The number of oxime groups is 1. The van der Waals surface area contributed by atoms with Gasteiger partial charge in [0, 0.05) is 12.1 Å². The summed E-state index contributed by atoms with van der Waals surface area (Å²) in [6.07, 6.45) is -0.763. The third-order valence-electron chi connectivity index (χ3n) is 4.96. The molecule has 3 heterocycles. The normalized spacial score (nSPS) is 25.8. The van der Waals surface area contributed by atoms with Crippen molar-refractivity contribution < 1.29 is 14.0 Å². The molecule has 2 unspecified atom stereocenters. The second-order valence-electron chi connectivity index (χ2n) is 6.53. The lowest BCUT2D eigenvalue weighted by Gasteiger charge is -2.27. The van der Waals surface area contributed by atoms with Crippen LogP contribution in [0.2, 0.25) is 10.0 Å². The Morgan fingerprint density at radius 1 is 1.18 bits per heavy atom. The first-order valence-electron chi connectivity index (χ1n) is 8.52. The number of aliphatic imine (C=N–C) groups is 1. The van der Waals surface area contributed by atoms with E-state index in [0.717, 1.165) is 0 Å². The van der Waals surface area contributed by atoms with Gasteiger partial charge in [0.15, 0.2) is 16.0 Å². The number of carbonyl (C=O) groups is 1. The molecule has 1 spiro atoms. The molecule has 1 fully saturated rings. The highest BCUT2D eigenvalue weighted by Gasteiger charge is 2.65. The van der Waals surface area contributed by atoms with Gasteiger partial charge >= 0.3 is 0 Å². The maximum absolute atomic E-state index is 13.6. The van der Waals surface area contributed by atoms with E-state index in [1.165, 1.54) is 23.9 Å². The second kappa shape index (κ2) is 6.47. The van der Waals surface area contributed by atoms with Crippen molar-refractivity contribution in [2.75, 3.05) is 13.1 Å². The number of hydrogen-bond acceptors (Lipinski definition) is 5. The maximum Gasteiger partial charge on any atom is 0.255 e. The average Bonchev–Trinajstić information content (AvgIpc) is 3.34. The summed E-state index contributed by atoms with van der Waals surface area (Å²) >= 11 is 14.1. The van der Waals surface area contributed by atoms with Crippen LogP contribution in [0.4, 0.5) is 4.39 Å². The van der Waals surface area contributed by atoms with Crippen LogP contribution in [-0.4, -0.2) is 39.5 Å². The molecule has 2 aromatic rings. The lowest BCUT2D eigenvalue weighted by atomic mass is 9.86. The van der Waals surface area contributed by atoms with Crippen LogP contribution in [0.15, 0.2) is 52.6 Å². The minimum absolute atomic E-state index is 0.185. The fourth-order valence-electron chi connectivity index (χ4n) is 3.67. The largest absolute Gasteiger partial charge is 0.385 e. The number of carbonyl (C=O) groups excluding carboxylic acids is 1. The van der Waals surface area contributed by atoms with Crippen LogP contribution < -0.4 is 0 Å². The smallest absolute Gasteiger partial charge is 0.255 e. The summed E-state index contributed by atoms with van der Waals surface area (Å²) in [5.74, 6) is -0.559. The average molecular weight is 436 g/mol. The van der Waals surface area contributed by atoms with Gasteiger partial charge in [-0.3, -0.25) is 14.7 Å². The molecular weight excluding hydrogens is 424 g/mol. The molecule has 0 N–H and O–H groups in total. The van der Waals surface area contributed by atoms with Gasteiger partial charge < -0.3 is 4.84 Å². The van der Waals surface area contributed by atoms with Gasteiger partial charge in [0.05, 0.1) is 16.6 Å². The Balaban J connectivity index is 1.70. The summed E-state index contributed by atoms with van der Waals surface area (Å²) in [6, 6.07) is 10.9. The quantitative estimate of drug-likeness (QED) is 0.706. The van der Waals surface area contributed by atoms with Crippen LogP contribution in [0.25, 0.3) is 0 Å². The molecule has 3 aliphatic rings. The van der Waals surface area contributed by atoms with Gasteiger partial charge in [-0.2, -0.15) is 0 Å². The maximum atomic E-state index is 13.6. The molecule has 1 saturated heterocycles. The van der Waals surface area contributed by atoms with E-state index in [-0.39, 0.29) is 11.7 Å². The molecule has 28 heavy (non-hydrogen) atoms. The third kappa shape index (κ3) is 2.43. The molecular formula is C19H12Cl2FN3O2S. The molecule has 5 nitrogen and oxygen atoms in total. The van der Waals surface area contributed by atoms with Gasteiger partial charge in [0.1, 0.15) is 11.5 Å². The molecule has 2 aromatic carbocycles. The van der Waals surface area contributed by atoms with Crippen LogP contribution in [0.3, 0.4) is 0 Å². The molecule has 0 bridgehead atoms. The van der Waals surface area contributed by atoms with Crippen LogP contribution in [-0.2, 0) is 9.63 Å². The SMILES string of the molecule is O=C1N2CCN=C2SC12C(c1c(Cl)cccc1Cl)=NOC2c1ccc(F)cc1. The van der Waals surface area contributed by atoms with E-state index in [2.05, 4.69) is 10.1 Å². The Morgan fingerprint density at radius 2 is 1.89 bits per heavy atom. The topological polar surface area (TPSA) is 54.3 Å². The molecule has 0 radical (unpaired) electrons. The predicted molar refractivity (Wildman–Crippen MR) is 108 cm³/mol. The number of thioether (sulfide) groups is 1. The van der Waals surface area contributed by atoms with Gasteiger partial charge in [-0.25, -0.2) is 4.39 Å². The third-order valence-corrected chi connectivity index (χ3v) is 7.03. The lowest BCUT2D eigenvalue weighted by molar-refractivity contribution is -0.129. The lowest BCUT2D eigenvalue weighted by Crippen LogP contribution is -2.48. The minimum atomic E-state index is -1.23. The molecule has 142 valence electrons. The second-order valence-corrected chi connectivity index (χ2v) is 8.56. The predicted octanol–water partition coefficient (Wildman–Crippen LogP) is 4.29. The monoisotopic (exact) mass is 435 g/mol. The van der Waals surface area contributed by atoms with Crippen molar-refractivity contribution >= 4 is 51.8 Å². The van der Waals surface area contributed by atoms with Crippen molar-refractivity contribution in [3.63, 3.8) is 0 Å². The van der Waals surface area contributed by atoms with Gasteiger partial charge in [0.2, 0.25) is 0 Å². The summed E-state index contributed by atoms with van der Waals surface area (Å²) in [7, 11) is 0. The number of fused-ring (bicyclic) bond motifs is 1. The highest BCUT2D eigenvalue weighted by atomic mass is 35.5. The van der Waals surface area contributed by atoms with Crippen molar-refractivity contribution in [3.8, 4) is 0 Å². The number of halogens is 3. The molecule has 9 heteroatoms. The van der Waals surface area contributed by atoms with Crippen LogP contribution in [0.5, 0.6) is 0 Å². The Kier molecular flexibility index (Phi) is 4.15. The fourth-order valence-corrected chi connectivity index (χ4v) is 5.69. The summed E-state index contributed by atoms with van der Waals surface area (Å²) in [5, 5.41) is 5.62. The van der Waals surface area contributed by atoms with Crippen molar-refractivity contribution in [2.24, 2.45) is 10.1 Å². The number of hydrogen-bond donors (Lipinski definition) is 0. The number of amides is 1. The minimum Gasteiger partial charge on any atom is -0.385 e. The Hall–Kier alpha value is -2.09. The van der Waals surface area contributed by atoms with Crippen molar-refractivity contribution in [1.29, 1.82) is 0 Å². The number of amidine groups is 1. The van der Waals surface area contributed by atoms with E-state index < -0.39 is 10.9 Å². The van der Waals surface area contributed by atoms with Gasteiger partial charge in [0.25, 0.3) is 5.91 Å². The van der Waals surface area contributed by atoms with E-state index in [1.54, 1.807) is 35.2 Å². The molecule has 2 atom stereocenters. The molecule has 3 aliphatic heterocycles. The van der Waals surface area contributed by atoms with E-state index in [9.17, 15) is 9.18 Å². The summed E-state index contributed by atoms with van der Waals surface area (Å²) in [6.45, 7) is 1.06. The summed E-state index contributed by atoms with van der Waals surface area (Å²) in [4.78, 5) is 25.4. The van der Waals surface area contributed by atoms with E-state index in [4.69, 9.17) is 28.0 Å². The zero-order valence-electron chi connectivity index (χ0n) is 14.2. The highest BCUT2D eigenvalue weighted by molar-refractivity contribution is 8.17. The fraction of sp³-hybridized carbons (Fsp3) is 0.211. The summed E-state index contributed by atoms with van der Waals surface area (Å²) in [5.41, 5.74) is 1.44. The van der Waals surface area contributed by atoms with Crippen LogP contribution in [0, 0.1) is 5.82 Å². The van der Waals surface area contributed by atoms with Crippen molar-refractivity contribution in [1.82, 2.24) is 4.90 Å². The highest BCUT2D eigenvalue weighted by Crippen LogP contribution is 2.54. The van der Waals surface area contributed by atoms with E-state index >= 15 is 0 Å². The van der Waals surface area contributed by atoms with Crippen molar-refractivity contribution in [2.45, 2.75) is 10.9 Å². The zero-order valence-corrected chi connectivity index (χ0v) is 16.6. The Morgan fingerprint density at radius 3 is 2.57 bits per heavy atom. The van der Waals surface area contributed by atoms with Crippen LogP contribution in [0.1, 0.15) is 17.2 Å². The van der Waals surface area contributed by atoms with Crippen LogP contribution >= 0.6 is 35.0 Å². The number of nitrogens with zero attached hydrogens (tertiary/aromatic N) is 3. The molecule has 0 aromatic heterocycles. The molecule has 5 rings (SSSR count). The Bertz CT molecular complexity index is 1040. The number of benzene rings is 2. The zero-order chi connectivity index (χ0) is 19.5. The van der Waals surface area contributed by atoms with E-state index in [1.807, 2.05) is 0 Å². The molecule has 1 amide bonds. The Labute approximate surface area is 174 Å². The standard InChI is InChI=1S/C19H12Cl2FN3O2S/c20-12-2-1-3-13(21)14(12)15-19(17(26)25-9-8-23-18(25)28-19)16(27-24-15)10-4-6-11(22)7-5-10/h1-7,16H,8-9H2. The van der Waals surface area contributed by atoms with E-state index in [0.29, 0.717) is 45.1 Å². The molecule has 0 saturated carbocycles. The van der Waals surface area contributed by atoms with Crippen molar-refractivity contribution in [3.05, 3.63) is 69.5 Å². The molecule has 0 aliphatic carbocycles. The number of rotatable bonds is 2. The first-order chi connectivity index (χ1) is 13.5.